The van der Waals surface area contributed by atoms with E-state index < -0.39 is 12.7 Å². The number of carbonyl (C=O) groups excluding carboxylic acids is 1. The van der Waals surface area contributed by atoms with Crippen LogP contribution in [0.2, 0.25) is 0 Å². The van der Waals surface area contributed by atoms with Crippen LogP contribution in [0.25, 0.3) is 0 Å². The van der Waals surface area contributed by atoms with Gasteiger partial charge in [-0.3, -0.25) is 5.32 Å². The molecule has 17 heavy (non-hydrogen) atoms. The third-order valence-electron chi connectivity index (χ3n) is 1.67. The molecule has 0 radical (unpaired) electrons. The van der Waals surface area contributed by atoms with Crippen molar-refractivity contribution in [3.05, 3.63) is 24.3 Å². The number of ether oxygens (including phenoxy) is 2. The van der Waals surface area contributed by atoms with Crippen molar-refractivity contribution < 1.29 is 23.0 Å². The van der Waals surface area contributed by atoms with Crippen LogP contribution in [0.5, 0.6) is 5.75 Å². The number of benzene rings is 1. The van der Waals surface area contributed by atoms with Crippen LogP contribution in [0.4, 0.5) is 19.3 Å². The highest BCUT2D eigenvalue weighted by Gasteiger charge is 2.07. The van der Waals surface area contributed by atoms with Crippen molar-refractivity contribution in [1.82, 2.24) is 0 Å². The summed E-state index contributed by atoms with van der Waals surface area (Å²) in [5.74, 6) is 0.0303. The molecule has 6 heteroatoms. The van der Waals surface area contributed by atoms with Crippen LogP contribution in [-0.2, 0) is 4.74 Å². The second-order valence-corrected chi connectivity index (χ2v) is 3.48. The molecule has 0 heterocycles. The van der Waals surface area contributed by atoms with Gasteiger partial charge >= 0.3 is 12.7 Å². The number of hydrogen-bond acceptors (Lipinski definition) is 3. The molecule has 0 spiro atoms. The first-order chi connectivity index (χ1) is 7.97. The number of amides is 1. The molecule has 0 aliphatic heterocycles. The fourth-order valence-corrected chi connectivity index (χ4v) is 1.08. The summed E-state index contributed by atoms with van der Waals surface area (Å²) < 4.78 is 32.7. The quantitative estimate of drug-likeness (QED) is 0.885. The van der Waals surface area contributed by atoms with Gasteiger partial charge in [0.25, 0.3) is 0 Å². The van der Waals surface area contributed by atoms with Crippen molar-refractivity contribution in [2.45, 2.75) is 26.6 Å². The number of halogens is 2. The predicted molar refractivity (Wildman–Crippen MR) is 58.3 cm³/mol. The van der Waals surface area contributed by atoms with Crippen LogP contribution in [-0.4, -0.2) is 18.8 Å². The molecule has 0 aliphatic carbocycles. The highest BCUT2D eigenvalue weighted by molar-refractivity contribution is 5.84. The standard InChI is InChI=1S/C11H13F2NO3/c1-7(2)16-11(15)14-8-3-5-9(6-4-8)17-10(12)13/h3-7,10H,1-2H3,(H,14,15). The van der Waals surface area contributed by atoms with Crippen molar-refractivity contribution in [1.29, 1.82) is 0 Å². The first kappa shape index (κ1) is 13.2. The molecule has 4 nitrogen and oxygen atoms in total. The van der Waals surface area contributed by atoms with E-state index >= 15 is 0 Å². The highest BCUT2D eigenvalue weighted by Crippen LogP contribution is 2.17. The average Bonchev–Trinajstić information content (AvgIpc) is 2.18. The number of rotatable bonds is 4. The lowest BCUT2D eigenvalue weighted by Crippen LogP contribution is -2.17. The molecule has 0 saturated heterocycles. The van der Waals surface area contributed by atoms with Crippen molar-refractivity contribution in [2.75, 3.05) is 5.32 Å². The summed E-state index contributed by atoms with van der Waals surface area (Å²) in [4.78, 5) is 11.2. The molecule has 1 aromatic rings. The molecular formula is C11H13F2NO3. The van der Waals surface area contributed by atoms with Gasteiger partial charge in [-0.2, -0.15) is 8.78 Å². The maximum Gasteiger partial charge on any atom is 0.411 e. The van der Waals surface area contributed by atoms with Gasteiger partial charge in [-0.05, 0) is 38.1 Å². The number of carbonyl (C=O) groups is 1. The van der Waals surface area contributed by atoms with Gasteiger partial charge in [0.05, 0.1) is 6.10 Å². The van der Waals surface area contributed by atoms with Gasteiger partial charge in [0.2, 0.25) is 0 Å². The van der Waals surface area contributed by atoms with E-state index in [2.05, 4.69) is 10.1 Å². The minimum atomic E-state index is -2.86. The molecule has 0 unspecified atom stereocenters. The monoisotopic (exact) mass is 245 g/mol. The molecule has 1 aromatic carbocycles. The summed E-state index contributed by atoms with van der Waals surface area (Å²) in [5.41, 5.74) is 0.442. The van der Waals surface area contributed by atoms with E-state index in [0.717, 1.165) is 0 Å². The van der Waals surface area contributed by atoms with E-state index in [1.165, 1.54) is 24.3 Å². The summed E-state index contributed by atoms with van der Waals surface area (Å²) in [7, 11) is 0. The third kappa shape index (κ3) is 5.14. The number of anilines is 1. The lowest BCUT2D eigenvalue weighted by atomic mass is 10.3. The van der Waals surface area contributed by atoms with Gasteiger partial charge in [-0.1, -0.05) is 0 Å². The molecule has 0 aliphatic rings. The van der Waals surface area contributed by atoms with Crippen molar-refractivity contribution >= 4 is 11.8 Å². The number of alkyl halides is 2. The van der Waals surface area contributed by atoms with Gasteiger partial charge in [-0.15, -0.1) is 0 Å². The first-order valence-electron chi connectivity index (χ1n) is 5.00. The molecule has 0 aromatic heterocycles. The second-order valence-electron chi connectivity index (χ2n) is 3.48. The largest absolute Gasteiger partial charge is 0.447 e. The fourth-order valence-electron chi connectivity index (χ4n) is 1.08. The lowest BCUT2D eigenvalue weighted by molar-refractivity contribution is -0.0498. The Morgan fingerprint density at radius 1 is 1.24 bits per heavy atom. The van der Waals surface area contributed by atoms with Crippen molar-refractivity contribution in [3.8, 4) is 5.75 Å². The zero-order valence-electron chi connectivity index (χ0n) is 9.44. The minimum Gasteiger partial charge on any atom is -0.447 e. The van der Waals surface area contributed by atoms with Crippen LogP contribution < -0.4 is 10.1 Å². The number of hydrogen-bond donors (Lipinski definition) is 1. The Balaban J connectivity index is 2.53. The van der Waals surface area contributed by atoms with Crippen molar-refractivity contribution in [3.63, 3.8) is 0 Å². The Kier molecular flexibility index (Phi) is 4.68. The Morgan fingerprint density at radius 2 is 1.82 bits per heavy atom. The topological polar surface area (TPSA) is 47.6 Å². The SMILES string of the molecule is CC(C)OC(=O)Nc1ccc(OC(F)F)cc1. The van der Waals surface area contributed by atoms with E-state index in [0.29, 0.717) is 5.69 Å². The summed E-state index contributed by atoms with van der Waals surface area (Å²) in [6.07, 6.45) is -0.820. The maximum absolute atomic E-state index is 11.9. The van der Waals surface area contributed by atoms with E-state index in [9.17, 15) is 13.6 Å². The molecular weight excluding hydrogens is 232 g/mol. The van der Waals surface area contributed by atoms with E-state index in [-0.39, 0.29) is 11.9 Å². The summed E-state index contributed by atoms with van der Waals surface area (Å²) in [5, 5.41) is 2.45. The summed E-state index contributed by atoms with van der Waals surface area (Å²) in [6.45, 7) is 0.581. The van der Waals surface area contributed by atoms with Crippen LogP contribution >= 0.6 is 0 Å². The molecule has 1 rings (SSSR count). The average molecular weight is 245 g/mol. The summed E-state index contributed by atoms with van der Waals surface area (Å²) >= 11 is 0. The highest BCUT2D eigenvalue weighted by atomic mass is 19.3. The maximum atomic E-state index is 11.9. The Hall–Kier alpha value is -1.85. The Morgan fingerprint density at radius 3 is 2.29 bits per heavy atom. The molecule has 0 bridgehead atoms. The van der Waals surface area contributed by atoms with Crippen LogP contribution in [0.15, 0.2) is 24.3 Å². The van der Waals surface area contributed by atoms with Crippen molar-refractivity contribution in [2.24, 2.45) is 0 Å². The van der Waals surface area contributed by atoms with Crippen LogP contribution in [0.1, 0.15) is 13.8 Å². The Labute approximate surface area is 97.5 Å². The number of nitrogens with one attached hydrogen (secondary N) is 1. The predicted octanol–water partition coefficient (Wildman–Crippen LogP) is 3.24. The normalized spacial score (nSPS) is 10.5. The molecule has 0 fully saturated rings. The third-order valence-corrected chi connectivity index (χ3v) is 1.67. The zero-order valence-corrected chi connectivity index (χ0v) is 9.44. The van der Waals surface area contributed by atoms with Gasteiger partial charge in [-0.25, -0.2) is 4.79 Å². The molecule has 0 saturated carbocycles. The Bertz CT molecular complexity index is 365. The van der Waals surface area contributed by atoms with Crippen LogP contribution in [0.3, 0.4) is 0 Å². The minimum absolute atomic E-state index is 0.0303. The second kappa shape index (κ2) is 6.03. The molecule has 0 atom stereocenters. The smallest absolute Gasteiger partial charge is 0.411 e. The summed E-state index contributed by atoms with van der Waals surface area (Å²) in [6, 6.07) is 5.55. The molecule has 1 amide bonds. The van der Waals surface area contributed by atoms with E-state index in [1.807, 2.05) is 0 Å². The van der Waals surface area contributed by atoms with Gasteiger partial charge in [0, 0.05) is 5.69 Å². The van der Waals surface area contributed by atoms with Gasteiger partial charge < -0.3 is 9.47 Å². The molecule has 1 N–H and O–H groups in total. The fraction of sp³-hybridized carbons (Fsp3) is 0.364. The first-order valence-corrected chi connectivity index (χ1v) is 5.00. The van der Waals surface area contributed by atoms with Gasteiger partial charge in [0.1, 0.15) is 5.75 Å². The van der Waals surface area contributed by atoms with E-state index in [4.69, 9.17) is 4.74 Å². The lowest BCUT2D eigenvalue weighted by Gasteiger charge is -2.10. The van der Waals surface area contributed by atoms with E-state index in [1.54, 1.807) is 13.8 Å². The van der Waals surface area contributed by atoms with Crippen LogP contribution in [0, 0.1) is 0 Å². The molecule has 94 valence electrons. The zero-order chi connectivity index (χ0) is 12.8. The van der Waals surface area contributed by atoms with Gasteiger partial charge in [0.15, 0.2) is 0 Å².